The molecule has 0 saturated carbocycles. The quantitative estimate of drug-likeness (QED) is 0.772. The molecule has 0 fully saturated rings. The number of benzene rings is 2. The molecule has 1 N–H and O–H groups in total. The Bertz CT molecular complexity index is 998. The summed E-state index contributed by atoms with van der Waals surface area (Å²) in [6, 6.07) is 11.2. The third-order valence-electron chi connectivity index (χ3n) is 4.65. The molecule has 4 rings (SSSR count). The highest BCUT2D eigenvalue weighted by Crippen LogP contribution is 2.24. The standard InChI is InChI=1S/C19H18N4O2S/c1-2-18(24)23-8-7-12-3-5-15(9-14(12)11-23)20-19(25)13-4-6-16-17(10-13)22-26-21-16/h3-6,9-10H,2,7-8,11H2,1H3,(H,20,25). The Kier molecular flexibility index (Phi) is 4.38. The van der Waals surface area contributed by atoms with Crippen LogP contribution in [0.1, 0.15) is 34.8 Å². The summed E-state index contributed by atoms with van der Waals surface area (Å²) in [5.74, 6) is -0.0209. The molecule has 26 heavy (non-hydrogen) atoms. The van der Waals surface area contributed by atoms with Crippen molar-refractivity contribution in [2.24, 2.45) is 0 Å². The Labute approximate surface area is 155 Å². The monoisotopic (exact) mass is 366 g/mol. The largest absolute Gasteiger partial charge is 0.338 e. The lowest BCUT2D eigenvalue weighted by Gasteiger charge is -2.29. The van der Waals surface area contributed by atoms with Gasteiger partial charge in [-0.2, -0.15) is 8.75 Å². The number of carbonyl (C=O) groups is 2. The van der Waals surface area contributed by atoms with Crippen molar-refractivity contribution >= 4 is 40.3 Å². The minimum absolute atomic E-state index is 0.162. The van der Waals surface area contributed by atoms with Crippen LogP contribution in [0.25, 0.3) is 11.0 Å². The number of nitrogens with zero attached hydrogens (tertiary/aromatic N) is 3. The highest BCUT2D eigenvalue weighted by Gasteiger charge is 2.20. The van der Waals surface area contributed by atoms with E-state index in [1.807, 2.05) is 30.0 Å². The van der Waals surface area contributed by atoms with Crippen LogP contribution in [0, 0.1) is 0 Å². The van der Waals surface area contributed by atoms with Gasteiger partial charge in [-0.1, -0.05) is 13.0 Å². The van der Waals surface area contributed by atoms with Gasteiger partial charge in [0, 0.05) is 30.8 Å². The van der Waals surface area contributed by atoms with Gasteiger partial charge in [0.2, 0.25) is 5.91 Å². The molecular weight excluding hydrogens is 348 g/mol. The third-order valence-corrected chi connectivity index (χ3v) is 5.20. The molecule has 7 heteroatoms. The molecular formula is C19H18N4O2S. The zero-order valence-corrected chi connectivity index (χ0v) is 15.2. The average molecular weight is 366 g/mol. The van der Waals surface area contributed by atoms with Gasteiger partial charge in [0.05, 0.1) is 11.7 Å². The zero-order chi connectivity index (χ0) is 18.1. The van der Waals surface area contributed by atoms with E-state index >= 15 is 0 Å². The van der Waals surface area contributed by atoms with Gasteiger partial charge in [-0.3, -0.25) is 9.59 Å². The fraction of sp³-hybridized carbons (Fsp3) is 0.263. The molecule has 6 nitrogen and oxygen atoms in total. The van der Waals surface area contributed by atoms with E-state index in [1.165, 1.54) is 5.56 Å². The second-order valence-corrected chi connectivity index (χ2v) is 6.85. The van der Waals surface area contributed by atoms with Gasteiger partial charge in [-0.15, -0.1) is 0 Å². The molecule has 132 valence electrons. The van der Waals surface area contributed by atoms with Gasteiger partial charge in [-0.05, 0) is 47.9 Å². The molecule has 1 aromatic heterocycles. The lowest BCUT2D eigenvalue weighted by Crippen LogP contribution is -2.35. The maximum atomic E-state index is 12.5. The number of fused-ring (bicyclic) bond motifs is 2. The molecule has 3 aromatic rings. The molecule has 0 aliphatic carbocycles. The number of hydrogen-bond acceptors (Lipinski definition) is 5. The molecule has 2 heterocycles. The van der Waals surface area contributed by atoms with Crippen LogP contribution in [0.5, 0.6) is 0 Å². The second-order valence-electron chi connectivity index (χ2n) is 6.32. The summed E-state index contributed by atoms with van der Waals surface area (Å²) >= 11 is 1.13. The van der Waals surface area contributed by atoms with Gasteiger partial charge < -0.3 is 10.2 Å². The number of carbonyl (C=O) groups excluding carboxylic acids is 2. The molecule has 0 unspecified atom stereocenters. The average Bonchev–Trinajstić information content (AvgIpc) is 3.14. The van der Waals surface area contributed by atoms with E-state index in [0.29, 0.717) is 18.5 Å². The predicted octanol–water partition coefficient (Wildman–Crippen LogP) is 3.24. The van der Waals surface area contributed by atoms with Crippen LogP contribution in [0.15, 0.2) is 36.4 Å². The van der Waals surface area contributed by atoms with E-state index in [4.69, 9.17) is 0 Å². The van der Waals surface area contributed by atoms with Crippen LogP contribution in [0.4, 0.5) is 5.69 Å². The van der Waals surface area contributed by atoms with Crippen molar-refractivity contribution in [3.8, 4) is 0 Å². The second kappa shape index (κ2) is 6.84. The lowest BCUT2D eigenvalue weighted by molar-refractivity contribution is -0.131. The maximum Gasteiger partial charge on any atom is 0.255 e. The number of nitrogens with one attached hydrogen (secondary N) is 1. The normalized spacial score (nSPS) is 13.5. The van der Waals surface area contributed by atoms with E-state index < -0.39 is 0 Å². The predicted molar refractivity (Wildman–Crippen MR) is 101 cm³/mol. The Morgan fingerprint density at radius 3 is 2.81 bits per heavy atom. The van der Waals surface area contributed by atoms with Gasteiger partial charge in [0.25, 0.3) is 5.91 Å². The van der Waals surface area contributed by atoms with E-state index in [2.05, 4.69) is 14.1 Å². The van der Waals surface area contributed by atoms with E-state index in [-0.39, 0.29) is 11.8 Å². The first-order chi connectivity index (χ1) is 12.6. The number of aromatic nitrogens is 2. The minimum Gasteiger partial charge on any atom is -0.338 e. The summed E-state index contributed by atoms with van der Waals surface area (Å²) in [7, 11) is 0. The van der Waals surface area contributed by atoms with Crippen molar-refractivity contribution in [1.29, 1.82) is 0 Å². The highest BCUT2D eigenvalue weighted by atomic mass is 32.1. The van der Waals surface area contributed by atoms with Crippen LogP contribution in [-0.4, -0.2) is 32.0 Å². The Hall–Kier alpha value is -2.80. The maximum absolute atomic E-state index is 12.5. The van der Waals surface area contributed by atoms with Gasteiger partial charge in [0.15, 0.2) is 0 Å². The van der Waals surface area contributed by atoms with Crippen LogP contribution in [0.3, 0.4) is 0 Å². The summed E-state index contributed by atoms with van der Waals surface area (Å²) < 4.78 is 8.32. The molecule has 0 bridgehead atoms. The molecule has 0 saturated heterocycles. The summed E-state index contributed by atoms with van der Waals surface area (Å²) in [4.78, 5) is 26.4. The number of hydrogen-bond donors (Lipinski definition) is 1. The van der Waals surface area contributed by atoms with Crippen molar-refractivity contribution in [3.05, 3.63) is 53.1 Å². The first-order valence-corrected chi connectivity index (χ1v) is 9.30. The van der Waals surface area contributed by atoms with E-state index in [1.54, 1.807) is 18.2 Å². The number of amides is 2. The molecule has 2 aromatic carbocycles. The number of anilines is 1. The summed E-state index contributed by atoms with van der Waals surface area (Å²) in [6.45, 7) is 3.23. The van der Waals surface area contributed by atoms with E-state index in [9.17, 15) is 9.59 Å². The topological polar surface area (TPSA) is 75.2 Å². The van der Waals surface area contributed by atoms with Crippen molar-refractivity contribution in [2.75, 3.05) is 11.9 Å². The van der Waals surface area contributed by atoms with Crippen molar-refractivity contribution < 1.29 is 9.59 Å². The zero-order valence-electron chi connectivity index (χ0n) is 14.4. The van der Waals surface area contributed by atoms with Gasteiger partial charge in [-0.25, -0.2) is 0 Å². The third kappa shape index (κ3) is 3.17. The summed E-state index contributed by atoms with van der Waals surface area (Å²) in [6.07, 6.45) is 1.36. The summed E-state index contributed by atoms with van der Waals surface area (Å²) in [5, 5.41) is 2.94. The van der Waals surface area contributed by atoms with Crippen molar-refractivity contribution in [2.45, 2.75) is 26.3 Å². The van der Waals surface area contributed by atoms with Crippen LogP contribution in [-0.2, 0) is 17.8 Å². The SMILES string of the molecule is CCC(=O)N1CCc2ccc(NC(=O)c3ccc4nsnc4c3)cc2C1. The summed E-state index contributed by atoms with van der Waals surface area (Å²) in [5.41, 5.74) is 5.12. The van der Waals surface area contributed by atoms with Gasteiger partial charge >= 0.3 is 0 Å². The van der Waals surface area contributed by atoms with Crippen LogP contribution in [0.2, 0.25) is 0 Å². The number of rotatable bonds is 3. The van der Waals surface area contributed by atoms with Crippen molar-refractivity contribution in [1.82, 2.24) is 13.6 Å². The fourth-order valence-corrected chi connectivity index (χ4v) is 3.72. The Morgan fingerprint density at radius 2 is 1.96 bits per heavy atom. The van der Waals surface area contributed by atoms with E-state index in [0.717, 1.165) is 47.0 Å². The molecule has 1 aliphatic rings. The highest BCUT2D eigenvalue weighted by molar-refractivity contribution is 7.00. The molecule has 1 aliphatic heterocycles. The molecule has 0 spiro atoms. The minimum atomic E-state index is -0.183. The molecule has 0 atom stereocenters. The van der Waals surface area contributed by atoms with Gasteiger partial charge in [0.1, 0.15) is 11.0 Å². The van der Waals surface area contributed by atoms with Crippen LogP contribution < -0.4 is 5.32 Å². The first-order valence-electron chi connectivity index (χ1n) is 8.57. The Balaban J connectivity index is 1.53. The smallest absolute Gasteiger partial charge is 0.255 e. The Morgan fingerprint density at radius 1 is 1.12 bits per heavy atom. The first kappa shape index (κ1) is 16.7. The lowest BCUT2D eigenvalue weighted by atomic mass is 9.98. The van der Waals surface area contributed by atoms with Crippen LogP contribution >= 0.6 is 11.7 Å². The molecule has 0 radical (unpaired) electrons. The molecule has 2 amide bonds. The van der Waals surface area contributed by atoms with Crippen molar-refractivity contribution in [3.63, 3.8) is 0 Å². The fourth-order valence-electron chi connectivity index (χ4n) is 3.20.